The van der Waals surface area contributed by atoms with E-state index in [1.165, 1.54) is 12.1 Å². The maximum absolute atomic E-state index is 12.4. The molecule has 7 nitrogen and oxygen atoms in total. The van der Waals surface area contributed by atoms with Crippen molar-refractivity contribution in [2.24, 2.45) is 0 Å². The molecular weight excluding hydrogens is 366 g/mol. The van der Waals surface area contributed by atoms with Crippen LogP contribution in [0.1, 0.15) is 24.2 Å². The van der Waals surface area contributed by atoms with Gasteiger partial charge in [0.15, 0.2) is 9.84 Å². The van der Waals surface area contributed by atoms with E-state index >= 15 is 0 Å². The normalized spacial score (nSPS) is 20.3. The van der Waals surface area contributed by atoms with E-state index in [9.17, 15) is 13.2 Å². The first-order valence-corrected chi connectivity index (χ1v) is 10.6. The third-order valence-electron chi connectivity index (χ3n) is 4.29. The van der Waals surface area contributed by atoms with Gasteiger partial charge in [-0.1, -0.05) is 0 Å². The van der Waals surface area contributed by atoms with Gasteiger partial charge in [-0.2, -0.15) is 0 Å². The molecule has 2 aromatic rings. The fourth-order valence-electron chi connectivity index (χ4n) is 3.06. The van der Waals surface area contributed by atoms with Gasteiger partial charge in [0.1, 0.15) is 5.82 Å². The predicted molar refractivity (Wildman–Crippen MR) is 104 cm³/mol. The quantitative estimate of drug-likeness (QED) is 0.864. The first kappa shape index (κ1) is 19.3. The lowest BCUT2D eigenvalue weighted by molar-refractivity contribution is -0.00546. The van der Waals surface area contributed by atoms with Gasteiger partial charge in [-0.3, -0.25) is 4.79 Å². The van der Waals surface area contributed by atoms with E-state index in [0.717, 1.165) is 25.2 Å². The van der Waals surface area contributed by atoms with E-state index in [1.54, 1.807) is 24.4 Å². The number of hydrogen-bond acceptors (Lipinski definition) is 6. The van der Waals surface area contributed by atoms with Crippen LogP contribution in [0.2, 0.25) is 0 Å². The second kappa shape index (κ2) is 7.66. The summed E-state index contributed by atoms with van der Waals surface area (Å²) >= 11 is 0. The van der Waals surface area contributed by atoms with Crippen LogP contribution < -0.4 is 10.2 Å². The molecule has 0 radical (unpaired) electrons. The number of aromatic nitrogens is 1. The molecular formula is C19H23N3O4S. The zero-order valence-corrected chi connectivity index (χ0v) is 16.4. The SMILES string of the molecule is CC1CN(c2ccc(C(=O)Nc3ccc(S(C)(=O)=O)cc3)cn2)CC(C)O1. The molecule has 1 aromatic heterocycles. The van der Waals surface area contributed by atoms with E-state index in [4.69, 9.17) is 4.74 Å². The number of anilines is 2. The molecule has 2 heterocycles. The van der Waals surface area contributed by atoms with E-state index in [-0.39, 0.29) is 23.0 Å². The van der Waals surface area contributed by atoms with Crippen LogP contribution in [-0.4, -0.2) is 50.9 Å². The molecule has 2 atom stereocenters. The number of rotatable bonds is 4. The summed E-state index contributed by atoms with van der Waals surface area (Å²) in [5.74, 6) is 0.510. The van der Waals surface area contributed by atoms with Gasteiger partial charge in [0.2, 0.25) is 0 Å². The highest BCUT2D eigenvalue weighted by atomic mass is 32.2. The molecule has 27 heavy (non-hydrogen) atoms. The molecule has 8 heteroatoms. The lowest BCUT2D eigenvalue weighted by atomic mass is 10.2. The Balaban J connectivity index is 1.67. The van der Waals surface area contributed by atoms with Crippen molar-refractivity contribution in [1.82, 2.24) is 4.98 Å². The van der Waals surface area contributed by atoms with Crippen LogP contribution in [0, 0.1) is 0 Å². The molecule has 1 fully saturated rings. The number of morpholine rings is 1. The van der Waals surface area contributed by atoms with Gasteiger partial charge in [0, 0.05) is 31.2 Å². The Morgan fingerprint density at radius 1 is 1.11 bits per heavy atom. The molecule has 1 aliphatic heterocycles. The number of amides is 1. The minimum Gasteiger partial charge on any atom is -0.372 e. The molecule has 3 rings (SSSR count). The Labute approximate surface area is 159 Å². The first-order chi connectivity index (χ1) is 12.7. The summed E-state index contributed by atoms with van der Waals surface area (Å²) in [5.41, 5.74) is 0.951. The Kier molecular flexibility index (Phi) is 5.48. The highest BCUT2D eigenvalue weighted by molar-refractivity contribution is 7.90. The van der Waals surface area contributed by atoms with Crippen molar-refractivity contribution in [1.29, 1.82) is 0 Å². The number of pyridine rings is 1. The highest BCUT2D eigenvalue weighted by Gasteiger charge is 2.23. The van der Waals surface area contributed by atoms with Gasteiger partial charge in [0.25, 0.3) is 5.91 Å². The fraction of sp³-hybridized carbons (Fsp3) is 0.368. The van der Waals surface area contributed by atoms with Crippen LogP contribution in [0.5, 0.6) is 0 Å². The van der Waals surface area contributed by atoms with Crippen molar-refractivity contribution in [3.05, 3.63) is 48.2 Å². The van der Waals surface area contributed by atoms with Crippen molar-refractivity contribution < 1.29 is 17.9 Å². The first-order valence-electron chi connectivity index (χ1n) is 8.70. The summed E-state index contributed by atoms with van der Waals surface area (Å²) in [7, 11) is -3.26. The average molecular weight is 389 g/mol. The number of sulfone groups is 1. The number of nitrogens with one attached hydrogen (secondary N) is 1. The molecule has 0 saturated carbocycles. The number of hydrogen-bond donors (Lipinski definition) is 1. The lowest BCUT2D eigenvalue weighted by Crippen LogP contribution is -2.45. The van der Waals surface area contributed by atoms with Crippen LogP contribution in [-0.2, 0) is 14.6 Å². The second-order valence-corrected chi connectivity index (χ2v) is 8.83. The van der Waals surface area contributed by atoms with Crippen LogP contribution in [0.3, 0.4) is 0 Å². The largest absolute Gasteiger partial charge is 0.372 e. The minimum atomic E-state index is -3.26. The van der Waals surface area contributed by atoms with Gasteiger partial charge >= 0.3 is 0 Å². The van der Waals surface area contributed by atoms with Crippen LogP contribution in [0.15, 0.2) is 47.5 Å². The van der Waals surface area contributed by atoms with Crippen molar-refractivity contribution in [2.75, 3.05) is 29.6 Å². The molecule has 2 unspecified atom stereocenters. The lowest BCUT2D eigenvalue weighted by Gasteiger charge is -2.36. The molecule has 1 N–H and O–H groups in total. The minimum absolute atomic E-state index is 0.133. The average Bonchev–Trinajstić information content (AvgIpc) is 2.61. The van der Waals surface area contributed by atoms with Gasteiger partial charge < -0.3 is 15.0 Å². The molecule has 144 valence electrons. The number of benzene rings is 1. The number of nitrogens with zero attached hydrogens (tertiary/aromatic N) is 2. The Morgan fingerprint density at radius 2 is 1.74 bits per heavy atom. The summed E-state index contributed by atoms with van der Waals surface area (Å²) < 4.78 is 28.7. The van der Waals surface area contributed by atoms with Crippen LogP contribution in [0.4, 0.5) is 11.5 Å². The van der Waals surface area contributed by atoms with Crippen molar-refractivity contribution >= 4 is 27.2 Å². The molecule has 0 aliphatic carbocycles. The standard InChI is InChI=1S/C19H23N3O4S/c1-13-11-22(12-14(2)26-13)18-9-4-15(10-20-18)19(23)21-16-5-7-17(8-6-16)27(3,24)25/h4-10,13-14H,11-12H2,1-3H3,(H,21,23). The Morgan fingerprint density at radius 3 is 2.26 bits per heavy atom. The van der Waals surface area contributed by atoms with Gasteiger partial charge in [-0.25, -0.2) is 13.4 Å². The summed E-state index contributed by atoms with van der Waals surface area (Å²) in [6.07, 6.45) is 2.95. The van der Waals surface area contributed by atoms with E-state index in [1.807, 2.05) is 19.9 Å². The molecule has 1 saturated heterocycles. The molecule has 0 spiro atoms. The van der Waals surface area contributed by atoms with Gasteiger partial charge in [-0.05, 0) is 50.2 Å². The van der Waals surface area contributed by atoms with Crippen molar-refractivity contribution in [2.45, 2.75) is 31.0 Å². The zero-order valence-electron chi connectivity index (χ0n) is 15.5. The van der Waals surface area contributed by atoms with Crippen LogP contribution in [0.25, 0.3) is 0 Å². The number of ether oxygens (including phenoxy) is 1. The number of carbonyl (C=O) groups is 1. The predicted octanol–water partition coefficient (Wildman–Crippen LogP) is 2.35. The van der Waals surface area contributed by atoms with Gasteiger partial charge in [-0.15, -0.1) is 0 Å². The van der Waals surface area contributed by atoms with E-state index in [2.05, 4.69) is 15.2 Å². The number of carbonyl (C=O) groups excluding carboxylic acids is 1. The molecule has 1 aliphatic rings. The van der Waals surface area contributed by atoms with Crippen molar-refractivity contribution in [3.8, 4) is 0 Å². The second-order valence-electron chi connectivity index (χ2n) is 6.82. The highest BCUT2D eigenvalue weighted by Crippen LogP contribution is 2.19. The third-order valence-corrected chi connectivity index (χ3v) is 5.42. The molecule has 1 amide bonds. The van der Waals surface area contributed by atoms with E-state index < -0.39 is 9.84 Å². The van der Waals surface area contributed by atoms with E-state index in [0.29, 0.717) is 11.3 Å². The summed E-state index contributed by atoms with van der Waals surface area (Å²) in [5, 5.41) is 2.74. The Bertz CT molecular complexity index is 901. The van der Waals surface area contributed by atoms with Gasteiger partial charge in [0.05, 0.1) is 22.7 Å². The maximum atomic E-state index is 12.4. The Hall–Kier alpha value is -2.45. The van der Waals surface area contributed by atoms with Crippen molar-refractivity contribution in [3.63, 3.8) is 0 Å². The third kappa shape index (κ3) is 4.84. The van der Waals surface area contributed by atoms with Crippen LogP contribution >= 0.6 is 0 Å². The fourth-order valence-corrected chi connectivity index (χ4v) is 3.69. The summed E-state index contributed by atoms with van der Waals surface area (Å²) in [6.45, 7) is 5.57. The topological polar surface area (TPSA) is 88.6 Å². The molecule has 1 aromatic carbocycles. The monoisotopic (exact) mass is 389 g/mol. The zero-order chi connectivity index (χ0) is 19.6. The summed E-state index contributed by atoms with van der Waals surface area (Å²) in [6, 6.07) is 9.61. The maximum Gasteiger partial charge on any atom is 0.257 e. The smallest absolute Gasteiger partial charge is 0.257 e. The summed E-state index contributed by atoms with van der Waals surface area (Å²) in [4.78, 5) is 19.1. The molecule has 0 bridgehead atoms.